The Hall–Kier alpha value is -0.880. The van der Waals surface area contributed by atoms with E-state index in [2.05, 4.69) is 26.3 Å². The molecule has 5 nitrogen and oxygen atoms in total. The summed E-state index contributed by atoms with van der Waals surface area (Å²) in [6.45, 7) is 6.40. The molecule has 17 heavy (non-hydrogen) atoms. The van der Waals surface area contributed by atoms with Crippen LogP contribution in [0.4, 0.5) is 5.69 Å². The summed E-state index contributed by atoms with van der Waals surface area (Å²) in [5.41, 5.74) is 0.508. The Morgan fingerprint density at radius 2 is 2.24 bits per heavy atom. The average molecular weight is 304 g/mol. The predicted octanol–water partition coefficient (Wildman–Crippen LogP) is 1.45. The summed E-state index contributed by atoms with van der Waals surface area (Å²) in [7, 11) is 0. The Morgan fingerprint density at radius 3 is 2.76 bits per heavy atom. The van der Waals surface area contributed by atoms with E-state index in [-0.39, 0.29) is 24.1 Å². The number of aliphatic hydroxyl groups is 1. The third-order valence-electron chi connectivity index (χ3n) is 2.81. The lowest BCUT2D eigenvalue weighted by Crippen LogP contribution is -2.29. The topological polar surface area (TPSA) is 67.2 Å². The van der Waals surface area contributed by atoms with Crippen LogP contribution in [0.25, 0.3) is 0 Å². The summed E-state index contributed by atoms with van der Waals surface area (Å²) in [5, 5.41) is 16.3. The van der Waals surface area contributed by atoms with Crippen molar-refractivity contribution in [1.29, 1.82) is 0 Å². The van der Waals surface area contributed by atoms with Crippen molar-refractivity contribution in [2.75, 3.05) is 11.9 Å². The molecule has 0 aliphatic carbocycles. The third kappa shape index (κ3) is 3.29. The van der Waals surface area contributed by atoms with Gasteiger partial charge in [0, 0.05) is 19.2 Å². The van der Waals surface area contributed by atoms with E-state index in [0.717, 1.165) is 0 Å². The van der Waals surface area contributed by atoms with Gasteiger partial charge in [-0.3, -0.25) is 4.79 Å². The fourth-order valence-corrected chi connectivity index (χ4v) is 1.76. The lowest BCUT2D eigenvalue weighted by molar-refractivity contribution is 0.226. The predicted molar refractivity (Wildman–Crippen MR) is 71.2 cm³/mol. The highest BCUT2D eigenvalue weighted by Crippen LogP contribution is 2.19. The van der Waals surface area contributed by atoms with Gasteiger partial charge in [0.25, 0.3) is 5.56 Å². The van der Waals surface area contributed by atoms with Gasteiger partial charge >= 0.3 is 0 Å². The number of aromatic nitrogens is 2. The Balaban J connectivity index is 2.94. The highest BCUT2D eigenvalue weighted by atomic mass is 79.9. The van der Waals surface area contributed by atoms with Gasteiger partial charge in [-0.1, -0.05) is 6.92 Å². The molecule has 2 N–H and O–H groups in total. The molecular weight excluding hydrogens is 286 g/mol. The van der Waals surface area contributed by atoms with Crippen LogP contribution in [0, 0.1) is 5.92 Å². The summed E-state index contributed by atoms with van der Waals surface area (Å²) >= 11 is 3.27. The first-order chi connectivity index (χ1) is 8.01. The van der Waals surface area contributed by atoms with E-state index in [1.54, 1.807) is 6.20 Å². The molecule has 0 bridgehead atoms. The Morgan fingerprint density at radius 1 is 1.59 bits per heavy atom. The minimum Gasteiger partial charge on any atom is -0.396 e. The number of hydrogen-bond donors (Lipinski definition) is 2. The molecule has 1 rings (SSSR count). The van der Waals surface area contributed by atoms with Gasteiger partial charge in [0.05, 0.1) is 11.9 Å². The zero-order chi connectivity index (χ0) is 13.0. The number of nitrogens with one attached hydrogen (secondary N) is 1. The van der Waals surface area contributed by atoms with Crippen molar-refractivity contribution >= 4 is 21.6 Å². The second kappa shape index (κ2) is 6.16. The van der Waals surface area contributed by atoms with Crippen LogP contribution in [0.1, 0.15) is 20.8 Å². The molecule has 0 aliphatic heterocycles. The van der Waals surface area contributed by atoms with Gasteiger partial charge in [-0.2, -0.15) is 5.10 Å². The second-order valence-electron chi connectivity index (χ2n) is 4.09. The molecular formula is C11H18BrN3O2. The lowest BCUT2D eigenvalue weighted by Gasteiger charge is -2.21. The third-order valence-corrected chi connectivity index (χ3v) is 3.58. The molecule has 0 spiro atoms. The summed E-state index contributed by atoms with van der Waals surface area (Å²) in [6.07, 6.45) is 1.62. The van der Waals surface area contributed by atoms with Gasteiger partial charge in [0.2, 0.25) is 0 Å². The van der Waals surface area contributed by atoms with Crippen LogP contribution in [-0.2, 0) is 6.54 Å². The summed E-state index contributed by atoms with van der Waals surface area (Å²) in [5.74, 6) is 0.107. The Bertz CT molecular complexity index is 433. The number of anilines is 1. The molecule has 1 aromatic rings. The summed E-state index contributed by atoms with van der Waals surface area (Å²) < 4.78 is 1.86. The molecule has 2 atom stereocenters. The van der Waals surface area contributed by atoms with Crippen LogP contribution in [0.15, 0.2) is 15.5 Å². The first kappa shape index (κ1) is 14.2. The van der Waals surface area contributed by atoms with Crippen LogP contribution in [0.5, 0.6) is 0 Å². The molecule has 0 amide bonds. The summed E-state index contributed by atoms with van der Waals surface area (Å²) in [4.78, 5) is 11.8. The minimum absolute atomic E-state index is 0.0648. The van der Waals surface area contributed by atoms with Crippen molar-refractivity contribution in [2.24, 2.45) is 5.92 Å². The van der Waals surface area contributed by atoms with Crippen LogP contribution < -0.4 is 10.9 Å². The molecule has 2 unspecified atom stereocenters. The highest BCUT2D eigenvalue weighted by molar-refractivity contribution is 9.10. The largest absolute Gasteiger partial charge is 0.396 e. The molecule has 0 radical (unpaired) electrons. The fourth-order valence-electron chi connectivity index (χ4n) is 1.34. The normalized spacial score (nSPS) is 14.4. The minimum atomic E-state index is -0.152. The van der Waals surface area contributed by atoms with Gasteiger partial charge in [0.15, 0.2) is 0 Å². The van der Waals surface area contributed by atoms with E-state index in [4.69, 9.17) is 5.11 Å². The molecule has 1 aromatic heterocycles. The first-order valence-electron chi connectivity index (χ1n) is 5.64. The summed E-state index contributed by atoms with van der Waals surface area (Å²) in [6, 6.07) is 0.0648. The van der Waals surface area contributed by atoms with Crippen molar-refractivity contribution in [2.45, 2.75) is 33.4 Å². The van der Waals surface area contributed by atoms with Crippen LogP contribution in [0.2, 0.25) is 0 Å². The van der Waals surface area contributed by atoms with E-state index in [1.807, 2.05) is 20.8 Å². The number of nitrogens with zero attached hydrogens (tertiary/aromatic N) is 2. The fraction of sp³-hybridized carbons (Fsp3) is 0.636. The Kier molecular flexibility index (Phi) is 5.14. The maximum Gasteiger partial charge on any atom is 0.283 e. The molecule has 0 saturated heterocycles. The maximum atomic E-state index is 11.8. The van der Waals surface area contributed by atoms with Crippen LogP contribution >= 0.6 is 15.9 Å². The van der Waals surface area contributed by atoms with Gasteiger partial charge in [-0.05, 0) is 35.7 Å². The van der Waals surface area contributed by atoms with Gasteiger partial charge in [0.1, 0.15) is 4.47 Å². The van der Waals surface area contributed by atoms with E-state index in [0.29, 0.717) is 16.7 Å². The number of hydrogen-bond acceptors (Lipinski definition) is 4. The lowest BCUT2D eigenvalue weighted by atomic mass is 10.1. The van der Waals surface area contributed by atoms with Crippen LogP contribution in [-0.4, -0.2) is 27.5 Å². The molecule has 0 saturated carbocycles. The van der Waals surface area contributed by atoms with Gasteiger partial charge in [-0.15, -0.1) is 0 Å². The zero-order valence-electron chi connectivity index (χ0n) is 10.3. The standard InChI is InChI=1S/C11H18BrN3O2/c1-4-15-11(17)10(12)9(5-13-15)14-8(3)7(2)6-16/h5,7-8,14,16H,4,6H2,1-3H3. The second-order valence-corrected chi connectivity index (χ2v) is 4.88. The maximum absolute atomic E-state index is 11.8. The zero-order valence-corrected chi connectivity index (χ0v) is 11.9. The van der Waals surface area contributed by atoms with E-state index in [1.165, 1.54) is 4.68 Å². The Labute approximate surface area is 109 Å². The van der Waals surface area contributed by atoms with Crippen molar-refractivity contribution in [3.05, 3.63) is 21.0 Å². The molecule has 96 valence electrons. The smallest absolute Gasteiger partial charge is 0.283 e. The SMILES string of the molecule is CCn1ncc(NC(C)C(C)CO)c(Br)c1=O. The quantitative estimate of drug-likeness (QED) is 0.864. The molecule has 0 aliphatic rings. The highest BCUT2D eigenvalue weighted by Gasteiger charge is 2.14. The number of halogens is 1. The van der Waals surface area contributed by atoms with Gasteiger partial charge in [-0.25, -0.2) is 4.68 Å². The van der Waals surface area contributed by atoms with Gasteiger partial charge < -0.3 is 10.4 Å². The molecule has 0 fully saturated rings. The van der Waals surface area contributed by atoms with E-state index >= 15 is 0 Å². The van der Waals surface area contributed by atoms with Crippen molar-refractivity contribution in [3.63, 3.8) is 0 Å². The van der Waals surface area contributed by atoms with Crippen molar-refractivity contribution < 1.29 is 5.11 Å². The average Bonchev–Trinajstić information content (AvgIpc) is 2.34. The molecule has 1 heterocycles. The molecule has 0 aromatic carbocycles. The first-order valence-corrected chi connectivity index (χ1v) is 6.43. The number of rotatable bonds is 5. The van der Waals surface area contributed by atoms with Crippen molar-refractivity contribution in [1.82, 2.24) is 9.78 Å². The van der Waals surface area contributed by atoms with Crippen molar-refractivity contribution in [3.8, 4) is 0 Å². The number of aryl methyl sites for hydroxylation is 1. The van der Waals surface area contributed by atoms with Crippen LogP contribution in [0.3, 0.4) is 0 Å². The van der Waals surface area contributed by atoms with E-state index < -0.39 is 0 Å². The number of aliphatic hydroxyl groups excluding tert-OH is 1. The molecule has 6 heteroatoms. The monoisotopic (exact) mass is 303 g/mol. The van der Waals surface area contributed by atoms with E-state index in [9.17, 15) is 4.79 Å².